The van der Waals surface area contributed by atoms with E-state index in [4.69, 9.17) is 4.99 Å². The van der Waals surface area contributed by atoms with Crippen molar-refractivity contribution in [2.24, 2.45) is 9.98 Å². The number of hydrogen-bond donors (Lipinski definition) is 0. The summed E-state index contributed by atoms with van der Waals surface area (Å²) in [6, 6.07) is 0. The number of amidine groups is 1. The van der Waals surface area contributed by atoms with Gasteiger partial charge in [-0.1, -0.05) is 52.0 Å². The van der Waals surface area contributed by atoms with E-state index in [1.54, 1.807) is 12.2 Å². The first-order valence-electron chi connectivity index (χ1n) is 9.85. The third kappa shape index (κ3) is 7.09. The molecule has 0 saturated heterocycles. The molecule has 1 unspecified atom stereocenters. The van der Waals surface area contributed by atoms with Crippen molar-refractivity contribution in [1.29, 1.82) is 0 Å². The smallest absolute Gasteiger partial charge is 0.154 e. The van der Waals surface area contributed by atoms with Crippen LogP contribution in [0.4, 0.5) is 4.39 Å². The van der Waals surface area contributed by atoms with E-state index in [1.165, 1.54) is 31.3 Å². The van der Waals surface area contributed by atoms with Crippen molar-refractivity contribution in [3.8, 4) is 0 Å². The van der Waals surface area contributed by atoms with Gasteiger partial charge in [-0.2, -0.15) is 0 Å². The summed E-state index contributed by atoms with van der Waals surface area (Å²) in [4.78, 5) is 8.94. The molecule has 0 aromatic carbocycles. The molecular weight excluding hydrogens is 311 g/mol. The summed E-state index contributed by atoms with van der Waals surface area (Å²) < 4.78 is 13.6. The van der Waals surface area contributed by atoms with E-state index in [1.807, 2.05) is 0 Å². The number of halogens is 1. The second-order valence-electron chi connectivity index (χ2n) is 6.80. The van der Waals surface area contributed by atoms with Crippen molar-refractivity contribution >= 4 is 12.6 Å². The molecule has 1 atom stereocenters. The number of hydrogen-bond acceptors (Lipinski definition) is 1. The molecule has 1 aliphatic rings. The minimum absolute atomic E-state index is 0.442. The number of rotatable bonds is 10. The highest BCUT2D eigenvalue weighted by molar-refractivity contribution is 6.01. The lowest BCUT2D eigenvalue weighted by molar-refractivity contribution is 0.391. The van der Waals surface area contributed by atoms with Gasteiger partial charge in [-0.05, 0) is 62.6 Å². The van der Waals surface area contributed by atoms with Gasteiger partial charge >= 0.3 is 0 Å². The van der Waals surface area contributed by atoms with Crippen molar-refractivity contribution in [3.63, 3.8) is 0 Å². The maximum absolute atomic E-state index is 13.6. The van der Waals surface area contributed by atoms with Gasteiger partial charge in [-0.15, -0.1) is 0 Å². The van der Waals surface area contributed by atoms with Crippen LogP contribution in [-0.2, 0) is 0 Å². The third-order valence-electron chi connectivity index (χ3n) is 4.82. The zero-order chi connectivity index (χ0) is 18.7. The predicted molar refractivity (Wildman–Crippen MR) is 109 cm³/mol. The first-order valence-corrected chi connectivity index (χ1v) is 9.85. The van der Waals surface area contributed by atoms with Gasteiger partial charge < -0.3 is 0 Å². The fourth-order valence-corrected chi connectivity index (χ4v) is 3.24. The Morgan fingerprint density at radius 3 is 2.52 bits per heavy atom. The number of aliphatic imine (C=N–C) groups is 2. The van der Waals surface area contributed by atoms with Crippen LogP contribution in [0.25, 0.3) is 0 Å². The molecule has 0 fully saturated rings. The van der Waals surface area contributed by atoms with Crippen LogP contribution in [0.5, 0.6) is 0 Å². The van der Waals surface area contributed by atoms with Gasteiger partial charge in [-0.25, -0.2) is 14.4 Å². The fourth-order valence-electron chi connectivity index (χ4n) is 3.24. The van der Waals surface area contributed by atoms with Gasteiger partial charge in [0.25, 0.3) is 0 Å². The van der Waals surface area contributed by atoms with Gasteiger partial charge in [0.1, 0.15) is 6.17 Å². The minimum atomic E-state index is -0.889. The van der Waals surface area contributed by atoms with Crippen LogP contribution in [0.2, 0.25) is 0 Å². The molecular formula is C22H35FN2. The lowest BCUT2D eigenvalue weighted by atomic mass is 9.96. The molecule has 3 heteroatoms. The molecule has 0 N–H and O–H groups in total. The molecule has 0 saturated carbocycles. The summed E-state index contributed by atoms with van der Waals surface area (Å²) in [6.07, 6.45) is 12.1. The Labute approximate surface area is 153 Å². The highest BCUT2D eigenvalue weighted by atomic mass is 19.1. The Kier molecular flexibility index (Phi) is 10.3. The van der Waals surface area contributed by atoms with Gasteiger partial charge in [0.2, 0.25) is 0 Å². The first kappa shape index (κ1) is 21.5. The Hall–Kier alpha value is -1.51. The second kappa shape index (κ2) is 11.9. The molecule has 0 bridgehead atoms. The molecule has 0 aliphatic heterocycles. The van der Waals surface area contributed by atoms with Crippen molar-refractivity contribution in [2.45, 2.75) is 91.7 Å². The zero-order valence-corrected chi connectivity index (χ0v) is 16.6. The van der Waals surface area contributed by atoms with Crippen molar-refractivity contribution in [2.75, 3.05) is 0 Å². The fraction of sp³-hybridized carbons (Fsp3) is 0.636. The van der Waals surface area contributed by atoms with E-state index >= 15 is 0 Å². The molecule has 0 heterocycles. The van der Waals surface area contributed by atoms with Crippen LogP contribution < -0.4 is 0 Å². The van der Waals surface area contributed by atoms with E-state index in [0.717, 1.165) is 42.5 Å². The Morgan fingerprint density at radius 1 is 1.16 bits per heavy atom. The van der Waals surface area contributed by atoms with Crippen LogP contribution in [0.1, 0.15) is 85.5 Å². The average Bonchev–Trinajstić information content (AvgIpc) is 2.62. The molecule has 0 amide bonds. The van der Waals surface area contributed by atoms with E-state index < -0.39 is 6.17 Å². The monoisotopic (exact) mass is 346 g/mol. The largest absolute Gasteiger partial charge is 0.245 e. The summed E-state index contributed by atoms with van der Waals surface area (Å²) in [7, 11) is 0. The zero-order valence-electron chi connectivity index (χ0n) is 16.6. The van der Waals surface area contributed by atoms with E-state index in [0.29, 0.717) is 12.3 Å². The summed E-state index contributed by atoms with van der Waals surface area (Å²) in [5.74, 6) is 0.696. The van der Waals surface area contributed by atoms with E-state index in [-0.39, 0.29) is 0 Å². The Bertz CT molecular complexity index is 552. The number of nitrogens with zero attached hydrogens (tertiary/aromatic N) is 2. The summed E-state index contributed by atoms with van der Waals surface area (Å²) in [5, 5.41) is 0. The lowest BCUT2D eigenvalue weighted by Gasteiger charge is -2.16. The van der Waals surface area contributed by atoms with Crippen molar-refractivity contribution < 1.29 is 4.39 Å². The lowest BCUT2D eigenvalue weighted by Crippen LogP contribution is -2.07. The Balaban J connectivity index is 3.07. The number of unbranched alkanes of at least 4 members (excludes halogenated alkanes) is 3. The summed E-state index contributed by atoms with van der Waals surface area (Å²) >= 11 is 0. The molecule has 0 spiro atoms. The molecule has 0 aromatic rings. The van der Waals surface area contributed by atoms with Crippen molar-refractivity contribution in [3.05, 3.63) is 34.6 Å². The number of alkyl halides is 1. The van der Waals surface area contributed by atoms with Crippen LogP contribution >= 0.6 is 0 Å². The average molecular weight is 347 g/mol. The normalized spacial score (nSPS) is 19.2. The number of allylic oxidation sites excluding steroid dienone is 4. The molecule has 2 nitrogen and oxygen atoms in total. The SMILES string of the molecule is C=NC(=NC1=C(CC)CC(F)C=C1)C(C)=C(CCC)CCCCCC. The van der Waals surface area contributed by atoms with E-state index in [2.05, 4.69) is 39.4 Å². The second-order valence-corrected chi connectivity index (χ2v) is 6.80. The molecule has 0 radical (unpaired) electrons. The van der Waals surface area contributed by atoms with Crippen molar-refractivity contribution in [1.82, 2.24) is 0 Å². The van der Waals surface area contributed by atoms with Gasteiger partial charge in [0, 0.05) is 6.42 Å². The molecule has 1 rings (SSSR count). The standard InChI is InChI=1S/C22H35FN2/c1-6-9-10-11-13-19(12-7-2)17(4)22(24-5)25-21-15-14-20(23)16-18(21)8-3/h14-15,20H,5-13,16H2,1-4H3. The topological polar surface area (TPSA) is 24.7 Å². The van der Waals surface area contributed by atoms with Gasteiger partial charge in [0.05, 0.1) is 5.70 Å². The van der Waals surface area contributed by atoms with Crippen LogP contribution in [0, 0.1) is 0 Å². The first-order chi connectivity index (χ1) is 12.1. The highest BCUT2D eigenvalue weighted by Gasteiger charge is 2.15. The summed E-state index contributed by atoms with van der Waals surface area (Å²) in [5.41, 5.74) is 4.50. The van der Waals surface area contributed by atoms with E-state index in [9.17, 15) is 4.39 Å². The highest BCUT2D eigenvalue weighted by Crippen LogP contribution is 2.26. The molecule has 1 aliphatic carbocycles. The van der Waals surface area contributed by atoms with Crippen LogP contribution in [-0.4, -0.2) is 18.7 Å². The maximum atomic E-state index is 13.6. The van der Waals surface area contributed by atoms with Crippen LogP contribution in [0.15, 0.2) is 44.6 Å². The quantitative estimate of drug-likeness (QED) is 0.228. The van der Waals surface area contributed by atoms with Crippen LogP contribution in [0.3, 0.4) is 0 Å². The maximum Gasteiger partial charge on any atom is 0.154 e. The molecule has 25 heavy (non-hydrogen) atoms. The third-order valence-corrected chi connectivity index (χ3v) is 4.82. The summed E-state index contributed by atoms with van der Waals surface area (Å²) in [6.45, 7) is 12.3. The molecule has 140 valence electrons. The van der Waals surface area contributed by atoms with Gasteiger partial charge in [-0.3, -0.25) is 0 Å². The minimum Gasteiger partial charge on any atom is -0.245 e. The predicted octanol–water partition coefficient (Wildman–Crippen LogP) is 7.13. The molecule has 0 aromatic heterocycles. The van der Waals surface area contributed by atoms with Gasteiger partial charge in [0.15, 0.2) is 5.84 Å². The Morgan fingerprint density at radius 2 is 1.92 bits per heavy atom.